The molecule has 0 bridgehead atoms. The van der Waals surface area contributed by atoms with Crippen molar-refractivity contribution in [3.05, 3.63) is 88.6 Å². The van der Waals surface area contributed by atoms with Gasteiger partial charge in [0, 0.05) is 7.13 Å². The quantitative estimate of drug-likeness (QED) is 0.0133. The van der Waals surface area contributed by atoms with Crippen LogP contribution in [0.25, 0.3) is 0 Å². The van der Waals surface area contributed by atoms with Gasteiger partial charge in [-0.1, -0.05) is 42.7 Å². The summed E-state index contributed by atoms with van der Waals surface area (Å²) >= 11 is 0. The van der Waals surface area contributed by atoms with Crippen LogP contribution in [0.5, 0.6) is 17.5 Å². The largest absolute Gasteiger partial charge is 0.473 e. The second kappa shape index (κ2) is 29.8. The van der Waals surface area contributed by atoms with Gasteiger partial charge < -0.3 is 37.5 Å². The molecular formula is C42H38F5N3O15. The zero-order valence-corrected chi connectivity index (χ0v) is 31.9. The van der Waals surface area contributed by atoms with Crippen molar-refractivity contribution in [2.75, 3.05) is 26.4 Å². The fourth-order valence-electron chi connectivity index (χ4n) is 3.50. The number of nitrogens with one attached hydrogen (secondary N) is 1. The Bertz CT molecular complexity index is 2550. The highest BCUT2D eigenvalue weighted by atomic mass is 19.2. The predicted molar refractivity (Wildman–Crippen MR) is 216 cm³/mol. The van der Waals surface area contributed by atoms with E-state index in [0.717, 1.165) is 11.6 Å². The van der Waals surface area contributed by atoms with Crippen LogP contribution in [0.1, 0.15) is 41.2 Å². The Morgan fingerprint density at radius 2 is 1.14 bits per heavy atom. The van der Waals surface area contributed by atoms with Gasteiger partial charge >= 0.3 is 11.9 Å². The molecule has 4 heterocycles. The molecule has 2 aromatic carbocycles. The fraction of sp³-hybridized carbons (Fsp3) is 0.190. The molecule has 2 aliphatic heterocycles. The van der Waals surface area contributed by atoms with Gasteiger partial charge in [-0.2, -0.15) is 8.78 Å². The summed E-state index contributed by atoms with van der Waals surface area (Å²) in [6.07, 6.45) is 9.73. The zero-order valence-electron chi connectivity index (χ0n) is 31.9. The van der Waals surface area contributed by atoms with Gasteiger partial charge in [-0.3, -0.25) is 0 Å². The van der Waals surface area contributed by atoms with Gasteiger partial charge in [0.1, 0.15) is 32.0 Å². The van der Waals surface area contributed by atoms with E-state index in [4.69, 9.17) is 51.6 Å². The number of epoxide rings is 2. The van der Waals surface area contributed by atoms with E-state index >= 15 is 0 Å². The molecule has 0 spiro atoms. The number of ether oxygens (including phenoxy) is 6. The first-order chi connectivity index (χ1) is 31.0. The topological polar surface area (TPSA) is 228 Å². The number of hydrogen-bond acceptors (Lipinski definition) is 18. The van der Waals surface area contributed by atoms with Gasteiger partial charge in [0.2, 0.25) is 46.4 Å². The van der Waals surface area contributed by atoms with E-state index in [0.29, 0.717) is 19.8 Å². The summed E-state index contributed by atoms with van der Waals surface area (Å²) in [4.78, 5) is 29.8. The third kappa shape index (κ3) is 20.4. The Morgan fingerprint density at radius 1 is 0.708 bits per heavy atom. The number of carbonyl (C=O) groups excluding carboxylic acids is 2. The second-order valence-electron chi connectivity index (χ2n) is 10.8. The maximum absolute atomic E-state index is 13.4. The number of rotatable bonds is 14. The summed E-state index contributed by atoms with van der Waals surface area (Å²) in [7, 11) is 0. The molecule has 2 aliphatic rings. The summed E-state index contributed by atoms with van der Waals surface area (Å²) in [5.41, 5.74) is 2.19. The van der Waals surface area contributed by atoms with E-state index in [1.54, 1.807) is 0 Å². The van der Waals surface area contributed by atoms with Crippen LogP contribution in [0.15, 0.2) is 51.5 Å². The van der Waals surface area contributed by atoms with Crippen molar-refractivity contribution < 1.29 is 102 Å². The maximum atomic E-state index is 13.4. The van der Waals surface area contributed by atoms with Crippen LogP contribution in [0.2, 0.25) is 0 Å². The van der Waals surface area contributed by atoms with Gasteiger partial charge in [-0.15, -0.1) is 17.8 Å². The number of nitrogens with zero attached hydrogens (tertiary/aromatic N) is 2. The molecule has 0 saturated carbocycles. The number of hydrogen-bond donors (Lipinski definition) is 3. The highest BCUT2D eigenvalue weighted by Crippen LogP contribution is 2.30. The van der Waals surface area contributed by atoms with Crippen LogP contribution in [-0.4, -0.2) is 71.4 Å². The lowest BCUT2D eigenvalue weighted by Crippen LogP contribution is -2.13. The Kier molecular flexibility index (Phi) is 24.2. The molecule has 65 heavy (non-hydrogen) atoms. The lowest BCUT2D eigenvalue weighted by atomic mass is 10.2. The average Bonchev–Trinajstić information content (AvgIpc) is 4.24. The lowest BCUT2D eigenvalue weighted by molar-refractivity contribution is -0.571. The Labute approximate surface area is 372 Å². The lowest BCUT2D eigenvalue weighted by Gasteiger charge is -2.07. The van der Waals surface area contributed by atoms with Crippen LogP contribution < -0.4 is 19.9 Å². The van der Waals surface area contributed by atoms with Crippen molar-refractivity contribution in [3.8, 4) is 101 Å². The predicted octanol–water partition coefficient (Wildman–Crippen LogP) is 5.63. The number of esters is 2. The molecule has 2 aromatic heterocycles. The van der Waals surface area contributed by atoms with E-state index < -0.39 is 52.5 Å². The molecule has 6 rings (SSSR count). The molecule has 0 aliphatic carbocycles. The second-order valence-corrected chi connectivity index (χ2v) is 10.8. The highest BCUT2D eigenvalue weighted by molar-refractivity contribution is 5.88. The zero-order chi connectivity index (χ0) is 46.5. The molecule has 0 amide bonds. The third-order valence-corrected chi connectivity index (χ3v) is 6.41. The number of terminal acetylenes is 2. The van der Waals surface area contributed by atoms with Crippen molar-refractivity contribution in [2.24, 2.45) is 0 Å². The normalized spacial score (nSPS) is 12.7. The van der Waals surface area contributed by atoms with Crippen molar-refractivity contribution in [1.29, 1.82) is 0 Å². The van der Waals surface area contributed by atoms with Crippen molar-refractivity contribution >= 4 is 11.9 Å². The molecule has 3 N–H and O–H groups in total. The molecule has 2 fully saturated rings. The summed E-state index contributed by atoms with van der Waals surface area (Å²) in [6.45, 7) is 1.94. The van der Waals surface area contributed by atoms with Gasteiger partial charge in [0.15, 0.2) is 0 Å². The molecule has 18 nitrogen and oxygen atoms in total. The first-order valence-corrected chi connectivity index (χ1v) is 16.8. The minimum Gasteiger partial charge on any atom is -0.473 e. The molecule has 2 saturated heterocycles. The highest BCUT2D eigenvalue weighted by Gasteiger charge is 2.30. The fourth-order valence-corrected chi connectivity index (χ4v) is 3.50. The van der Waals surface area contributed by atoms with Crippen molar-refractivity contribution in [2.45, 2.75) is 26.2 Å². The van der Waals surface area contributed by atoms with Gasteiger partial charge in [0.05, 0.1) is 25.3 Å². The number of benzene rings is 2. The van der Waals surface area contributed by atoms with E-state index in [2.05, 4.69) is 106 Å². The SMILES string of the molecule is C.C#CC#CC#CC#CC#CC#CC#C.O=C(OCc1ccccc1)c1cc(OC[C@@H]2CO2)no1.O=C(Oc1c(F)c(F)c(F)c(F)c1F)c1cc(OC[C@@H]2CO2)no1.OONOOO.[HH].[HH].[HH].[HH].[HH]. The van der Waals surface area contributed by atoms with E-state index in [1.807, 2.05) is 30.3 Å². The molecule has 346 valence electrons. The summed E-state index contributed by atoms with van der Waals surface area (Å²) < 4.78 is 105. The summed E-state index contributed by atoms with van der Waals surface area (Å²) in [5, 5.41) is 24.3. The number of aromatic nitrogens is 2. The third-order valence-electron chi connectivity index (χ3n) is 6.41. The van der Waals surface area contributed by atoms with Crippen LogP contribution in [0.4, 0.5) is 22.0 Å². The van der Waals surface area contributed by atoms with Crippen LogP contribution >= 0.6 is 0 Å². The minimum atomic E-state index is -2.37. The van der Waals surface area contributed by atoms with Gasteiger partial charge in [0.25, 0.3) is 11.8 Å². The average molecular weight is 920 g/mol. The van der Waals surface area contributed by atoms with Crippen molar-refractivity contribution in [1.82, 2.24) is 16.0 Å². The Morgan fingerprint density at radius 3 is 1.54 bits per heavy atom. The van der Waals surface area contributed by atoms with Crippen LogP contribution in [-0.2, 0) is 35.8 Å². The molecule has 4 aromatic rings. The smallest absolute Gasteiger partial charge is 0.382 e. The van der Waals surface area contributed by atoms with E-state index in [9.17, 15) is 31.5 Å². The van der Waals surface area contributed by atoms with Crippen LogP contribution in [0, 0.1) is 113 Å². The minimum absolute atomic E-state index is 0. The molecule has 0 unspecified atom stereocenters. The maximum Gasteiger partial charge on any atom is 0.382 e. The molecule has 2 atom stereocenters. The summed E-state index contributed by atoms with van der Waals surface area (Å²) in [5.74, 6) is 12.5. The standard InChI is InChI=1S/C14H13NO5.C14H2.C13H6F5NO5.CH4.H3NO5.5H2/c16-14(19-7-10-4-2-1-3-5-10)12-6-13(15-20-12)18-9-11-8-17-11;1-3-5-7-9-11-13-14-12-10-8-6-4-2;14-7-8(15)10(17)12(11(18)9(7)16)23-13(20)5-1-6(19-24-5)22-3-4-2-21-4;;2-4-1-5-6-3;;;;;/h1-6,11H,7-9H2;1-2H;1,4H,2-3H2;1H4;1-3H;5*1H/t11-;;4-;;;;;;;/m0.0......./s1. The number of carbonyl (C=O) groups is 2. The van der Waals surface area contributed by atoms with Gasteiger partial charge in [-0.05, 0) is 97.6 Å². The van der Waals surface area contributed by atoms with E-state index in [1.165, 1.54) is 11.7 Å². The first kappa shape index (κ1) is 52.8. The van der Waals surface area contributed by atoms with Crippen LogP contribution in [0.3, 0.4) is 0 Å². The Balaban J connectivity index is -0.000000434. The first-order valence-electron chi connectivity index (χ1n) is 16.8. The monoisotopic (exact) mass is 919 g/mol. The van der Waals surface area contributed by atoms with E-state index in [-0.39, 0.29) is 57.5 Å². The van der Waals surface area contributed by atoms with Crippen molar-refractivity contribution in [3.63, 3.8) is 0 Å². The van der Waals surface area contributed by atoms with Gasteiger partial charge in [-0.25, -0.2) is 33.3 Å². The molecule has 0 radical (unpaired) electrons. The molecular weight excluding hydrogens is 881 g/mol. The summed E-state index contributed by atoms with van der Waals surface area (Å²) in [6, 6.07) is 11.7. The number of halogens is 5. The molecule has 23 heteroatoms. The Hall–Kier alpha value is -8.35.